The zero-order valence-corrected chi connectivity index (χ0v) is 17.7. The number of carbonyl (C=O) groups excluding carboxylic acids is 1. The number of anilines is 1. The molecule has 0 spiro atoms. The molecule has 1 aromatic heterocycles. The topological polar surface area (TPSA) is 92.3 Å². The molecule has 0 bridgehead atoms. The maximum atomic E-state index is 13.0. The van der Waals surface area contributed by atoms with Gasteiger partial charge in [0.25, 0.3) is 0 Å². The van der Waals surface area contributed by atoms with Crippen LogP contribution in [0.5, 0.6) is 0 Å². The third kappa shape index (κ3) is 5.24. The van der Waals surface area contributed by atoms with Crippen LogP contribution < -0.4 is 5.32 Å². The second-order valence-corrected chi connectivity index (χ2v) is 11.6. The van der Waals surface area contributed by atoms with E-state index < -0.39 is 9.84 Å². The summed E-state index contributed by atoms with van der Waals surface area (Å²) >= 11 is 2.81. The number of aromatic nitrogens is 2. The van der Waals surface area contributed by atoms with Crippen molar-refractivity contribution in [2.75, 3.05) is 22.6 Å². The van der Waals surface area contributed by atoms with Crippen molar-refractivity contribution in [2.24, 2.45) is 0 Å². The highest BCUT2D eigenvalue weighted by Crippen LogP contribution is 2.30. The van der Waals surface area contributed by atoms with E-state index in [1.54, 1.807) is 4.90 Å². The Morgan fingerprint density at radius 1 is 1.21 bits per heavy atom. The fraction of sp³-hybridized carbons (Fsp3) is 0.500. The van der Waals surface area contributed by atoms with Crippen LogP contribution >= 0.6 is 23.1 Å². The summed E-state index contributed by atoms with van der Waals surface area (Å²) in [5.74, 6) is 0.352. The van der Waals surface area contributed by atoms with Crippen molar-refractivity contribution in [3.63, 3.8) is 0 Å². The third-order valence-electron chi connectivity index (χ3n) is 4.80. The summed E-state index contributed by atoms with van der Waals surface area (Å²) in [6, 6.07) is 9.93. The number of rotatable bonds is 8. The molecule has 2 aromatic rings. The average molecular weight is 439 g/mol. The Labute approximate surface area is 172 Å². The molecule has 1 atom stereocenters. The first kappa shape index (κ1) is 19.7. The summed E-state index contributed by atoms with van der Waals surface area (Å²) in [5.41, 5.74) is 0.997. The highest BCUT2D eigenvalue weighted by molar-refractivity contribution is 8.01. The van der Waals surface area contributed by atoms with Crippen LogP contribution in [0.1, 0.15) is 24.8 Å². The Kier molecular flexibility index (Phi) is 5.88. The van der Waals surface area contributed by atoms with Gasteiger partial charge in [0.2, 0.25) is 11.0 Å². The quantitative estimate of drug-likeness (QED) is 0.633. The first-order valence-corrected chi connectivity index (χ1v) is 12.9. The van der Waals surface area contributed by atoms with Crippen molar-refractivity contribution in [3.8, 4) is 0 Å². The number of hydrogen-bond acceptors (Lipinski definition) is 8. The highest BCUT2D eigenvalue weighted by atomic mass is 32.2. The van der Waals surface area contributed by atoms with Gasteiger partial charge < -0.3 is 10.2 Å². The van der Waals surface area contributed by atoms with Crippen LogP contribution in [0, 0.1) is 0 Å². The van der Waals surface area contributed by atoms with Crippen molar-refractivity contribution >= 4 is 44.0 Å². The Bertz CT molecular complexity index is 929. The first-order chi connectivity index (χ1) is 13.5. The number of amides is 1. The van der Waals surface area contributed by atoms with Crippen LogP contribution in [0.3, 0.4) is 0 Å². The molecule has 2 heterocycles. The van der Waals surface area contributed by atoms with Gasteiger partial charge in [-0.25, -0.2) is 8.42 Å². The monoisotopic (exact) mass is 438 g/mol. The molecule has 1 amide bonds. The van der Waals surface area contributed by atoms with E-state index in [2.05, 4.69) is 15.5 Å². The molecule has 4 rings (SSSR count). The highest BCUT2D eigenvalue weighted by Gasteiger charge is 2.34. The van der Waals surface area contributed by atoms with Gasteiger partial charge in [-0.1, -0.05) is 53.4 Å². The lowest BCUT2D eigenvalue weighted by Gasteiger charge is -2.28. The minimum atomic E-state index is -3.06. The number of nitrogens with one attached hydrogen (secondary N) is 1. The van der Waals surface area contributed by atoms with Crippen LogP contribution in [0.25, 0.3) is 0 Å². The fourth-order valence-electron chi connectivity index (χ4n) is 3.16. The minimum Gasteiger partial charge on any atom is -0.357 e. The zero-order valence-electron chi connectivity index (χ0n) is 15.3. The van der Waals surface area contributed by atoms with Crippen molar-refractivity contribution < 1.29 is 13.2 Å². The van der Waals surface area contributed by atoms with E-state index >= 15 is 0 Å². The van der Waals surface area contributed by atoms with E-state index in [-0.39, 0.29) is 29.2 Å². The number of sulfone groups is 1. The predicted octanol–water partition coefficient (Wildman–Crippen LogP) is 2.42. The van der Waals surface area contributed by atoms with Gasteiger partial charge >= 0.3 is 0 Å². The molecule has 1 aliphatic carbocycles. The van der Waals surface area contributed by atoms with Crippen LogP contribution in [-0.2, 0) is 21.2 Å². The van der Waals surface area contributed by atoms with Gasteiger partial charge in [-0.05, 0) is 24.8 Å². The third-order valence-corrected chi connectivity index (χ3v) is 8.52. The molecule has 0 unspecified atom stereocenters. The van der Waals surface area contributed by atoms with Gasteiger partial charge in [-0.2, -0.15) is 0 Å². The molecular weight excluding hydrogens is 416 g/mol. The smallest absolute Gasteiger partial charge is 0.233 e. The SMILES string of the molecule is O=C(CSc1nnc(NC2CC2)s1)N(Cc1ccccc1)[C@@H]1CCS(=O)(=O)C1. The van der Waals surface area contributed by atoms with Crippen molar-refractivity contribution in [3.05, 3.63) is 35.9 Å². The molecule has 10 heteroatoms. The Hall–Kier alpha value is -1.65. The second kappa shape index (κ2) is 8.38. The van der Waals surface area contributed by atoms with E-state index in [4.69, 9.17) is 0 Å². The van der Waals surface area contributed by atoms with Crippen LogP contribution in [0.15, 0.2) is 34.7 Å². The lowest BCUT2D eigenvalue weighted by Crippen LogP contribution is -2.41. The minimum absolute atomic E-state index is 0.0461. The van der Waals surface area contributed by atoms with E-state index in [1.807, 2.05) is 30.3 Å². The zero-order chi connectivity index (χ0) is 19.6. The maximum absolute atomic E-state index is 13.0. The van der Waals surface area contributed by atoms with Gasteiger partial charge in [0.15, 0.2) is 14.2 Å². The average Bonchev–Trinajstić information content (AvgIpc) is 3.25. The molecule has 1 N–H and O–H groups in total. The maximum Gasteiger partial charge on any atom is 0.233 e. The standard InChI is InChI=1S/C18H22N4O3S3/c23-16(11-26-18-21-20-17(27-18)19-14-6-7-14)22(10-13-4-2-1-3-5-13)15-8-9-28(24,25)12-15/h1-5,14-15H,6-12H2,(H,19,20)/t15-/m1/s1. The van der Waals surface area contributed by atoms with E-state index in [9.17, 15) is 13.2 Å². The summed E-state index contributed by atoms with van der Waals surface area (Å²) in [6.45, 7) is 0.422. The molecule has 2 fully saturated rings. The van der Waals surface area contributed by atoms with Crippen LogP contribution in [0.2, 0.25) is 0 Å². The lowest BCUT2D eigenvalue weighted by molar-refractivity contribution is -0.130. The largest absolute Gasteiger partial charge is 0.357 e. The molecule has 1 saturated heterocycles. The molecule has 150 valence electrons. The number of benzene rings is 1. The molecule has 1 aromatic carbocycles. The van der Waals surface area contributed by atoms with Crippen LogP contribution in [0.4, 0.5) is 5.13 Å². The van der Waals surface area contributed by atoms with Crippen molar-refractivity contribution in [2.45, 2.75) is 42.2 Å². The van der Waals surface area contributed by atoms with Crippen molar-refractivity contribution in [1.29, 1.82) is 0 Å². The van der Waals surface area contributed by atoms with Crippen molar-refractivity contribution in [1.82, 2.24) is 15.1 Å². The molecule has 0 radical (unpaired) electrons. The predicted molar refractivity (Wildman–Crippen MR) is 111 cm³/mol. The fourth-order valence-corrected chi connectivity index (χ4v) is 6.60. The number of hydrogen-bond donors (Lipinski definition) is 1. The summed E-state index contributed by atoms with van der Waals surface area (Å²) in [7, 11) is -3.06. The van der Waals surface area contributed by atoms with Gasteiger partial charge in [0.1, 0.15) is 0 Å². The molecule has 1 saturated carbocycles. The van der Waals surface area contributed by atoms with E-state index in [0.29, 0.717) is 19.0 Å². The Morgan fingerprint density at radius 2 is 2.00 bits per heavy atom. The number of carbonyl (C=O) groups is 1. The molecule has 7 nitrogen and oxygen atoms in total. The number of thioether (sulfide) groups is 1. The summed E-state index contributed by atoms with van der Waals surface area (Å²) < 4.78 is 24.6. The molecule has 28 heavy (non-hydrogen) atoms. The normalized spacial score (nSPS) is 20.8. The van der Waals surface area contributed by atoms with Gasteiger partial charge in [0, 0.05) is 18.6 Å². The number of nitrogens with zero attached hydrogens (tertiary/aromatic N) is 3. The molecular formula is C18H22N4O3S3. The second-order valence-electron chi connectivity index (χ2n) is 7.14. The van der Waals surface area contributed by atoms with E-state index in [1.165, 1.54) is 35.9 Å². The van der Waals surface area contributed by atoms with Gasteiger partial charge in [-0.15, -0.1) is 10.2 Å². The Balaban J connectivity index is 1.41. The molecule has 2 aliphatic rings. The Morgan fingerprint density at radius 3 is 2.68 bits per heavy atom. The van der Waals surface area contributed by atoms with Gasteiger partial charge in [-0.3, -0.25) is 4.79 Å². The molecule has 1 aliphatic heterocycles. The van der Waals surface area contributed by atoms with Crippen LogP contribution in [-0.4, -0.2) is 58.8 Å². The summed E-state index contributed by atoms with van der Waals surface area (Å²) in [6.07, 6.45) is 2.83. The lowest BCUT2D eigenvalue weighted by atomic mass is 10.1. The summed E-state index contributed by atoms with van der Waals surface area (Å²) in [5, 5.41) is 12.3. The van der Waals surface area contributed by atoms with Gasteiger partial charge in [0.05, 0.1) is 17.3 Å². The van der Waals surface area contributed by atoms with E-state index in [0.717, 1.165) is 15.0 Å². The summed E-state index contributed by atoms with van der Waals surface area (Å²) in [4.78, 5) is 14.7. The first-order valence-electron chi connectivity index (χ1n) is 9.25.